The van der Waals surface area contributed by atoms with Gasteiger partial charge in [-0.15, -0.1) is 0 Å². The van der Waals surface area contributed by atoms with Gasteiger partial charge in [-0.25, -0.2) is 4.98 Å². The summed E-state index contributed by atoms with van der Waals surface area (Å²) in [5.41, 5.74) is 9.93. The monoisotopic (exact) mass is 250 g/mol. The summed E-state index contributed by atoms with van der Waals surface area (Å²) in [5, 5.41) is 0. The maximum atomic E-state index is 6.20. The van der Waals surface area contributed by atoms with Gasteiger partial charge in [-0.3, -0.25) is 9.97 Å². The lowest BCUT2D eigenvalue weighted by molar-refractivity contribution is 0.695. The zero-order valence-electron chi connectivity index (χ0n) is 10.4. The molecule has 3 rings (SSSR count). The van der Waals surface area contributed by atoms with E-state index in [0.29, 0.717) is 0 Å². The zero-order chi connectivity index (χ0) is 13.1. The molecule has 1 atom stereocenters. The molecule has 2 N–H and O–H groups in total. The first kappa shape index (κ1) is 11.7. The third-order valence-electron chi connectivity index (χ3n) is 3.05. The second-order valence-electron chi connectivity index (χ2n) is 4.45. The van der Waals surface area contributed by atoms with Crippen molar-refractivity contribution in [1.82, 2.24) is 15.0 Å². The van der Waals surface area contributed by atoms with Crippen molar-refractivity contribution in [3.63, 3.8) is 0 Å². The van der Waals surface area contributed by atoms with Gasteiger partial charge >= 0.3 is 0 Å². The number of benzene rings is 1. The Labute approximate surface area is 111 Å². The number of pyridine rings is 1. The van der Waals surface area contributed by atoms with Gasteiger partial charge in [0, 0.05) is 12.4 Å². The molecule has 0 saturated heterocycles. The summed E-state index contributed by atoms with van der Waals surface area (Å²) in [4.78, 5) is 13.0. The van der Waals surface area contributed by atoms with Crippen molar-refractivity contribution >= 4 is 11.0 Å². The topological polar surface area (TPSA) is 64.7 Å². The molecule has 0 aliphatic heterocycles. The fourth-order valence-electron chi connectivity index (χ4n) is 2.03. The molecular formula is C15H14N4. The lowest BCUT2D eigenvalue weighted by atomic mass is 10.1. The van der Waals surface area contributed by atoms with Crippen molar-refractivity contribution in [3.8, 4) is 0 Å². The molecule has 0 aliphatic carbocycles. The zero-order valence-corrected chi connectivity index (χ0v) is 10.4. The van der Waals surface area contributed by atoms with Gasteiger partial charge in [-0.05, 0) is 36.2 Å². The maximum absolute atomic E-state index is 6.20. The molecule has 94 valence electrons. The summed E-state index contributed by atoms with van der Waals surface area (Å²) in [5.74, 6) is 0. The molecule has 0 spiro atoms. The van der Waals surface area contributed by atoms with Crippen LogP contribution in [-0.4, -0.2) is 15.0 Å². The molecule has 0 aliphatic rings. The summed E-state index contributed by atoms with van der Waals surface area (Å²) < 4.78 is 0. The Hall–Kier alpha value is -2.33. The molecule has 1 aromatic carbocycles. The van der Waals surface area contributed by atoms with E-state index in [-0.39, 0.29) is 6.04 Å². The van der Waals surface area contributed by atoms with Crippen LogP contribution in [0, 0.1) is 0 Å². The lowest BCUT2D eigenvalue weighted by Gasteiger charge is -2.11. The molecule has 1 unspecified atom stereocenters. The van der Waals surface area contributed by atoms with E-state index in [9.17, 15) is 0 Å². The van der Waals surface area contributed by atoms with Gasteiger partial charge in [0.25, 0.3) is 0 Å². The van der Waals surface area contributed by atoms with Gasteiger partial charge in [0.2, 0.25) is 0 Å². The second-order valence-corrected chi connectivity index (χ2v) is 4.45. The number of nitrogens with zero attached hydrogens (tertiary/aromatic N) is 3. The molecule has 0 amide bonds. The highest BCUT2D eigenvalue weighted by Crippen LogP contribution is 2.16. The molecule has 4 heteroatoms. The number of nitrogens with two attached hydrogens (primary N) is 1. The van der Waals surface area contributed by atoms with E-state index in [2.05, 4.69) is 15.0 Å². The number of aromatic nitrogens is 3. The third kappa shape index (κ3) is 2.58. The van der Waals surface area contributed by atoms with Crippen LogP contribution in [0.4, 0.5) is 0 Å². The Bertz CT molecular complexity index is 682. The van der Waals surface area contributed by atoms with E-state index < -0.39 is 0 Å². The molecule has 0 bridgehead atoms. The largest absolute Gasteiger partial charge is 0.322 e. The lowest BCUT2D eigenvalue weighted by Crippen LogP contribution is -2.15. The van der Waals surface area contributed by atoms with E-state index in [1.807, 2.05) is 36.4 Å². The normalized spacial score (nSPS) is 12.5. The summed E-state index contributed by atoms with van der Waals surface area (Å²) in [7, 11) is 0. The first-order valence-corrected chi connectivity index (χ1v) is 6.19. The SMILES string of the molecule is NC(Cc1ccncc1)c1cnc2ccccc2n1. The number of fused-ring (bicyclic) bond motifs is 1. The van der Waals surface area contributed by atoms with Gasteiger partial charge in [-0.1, -0.05) is 12.1 Å². The minimum Gasteiger partial charge on any atom is -0.322 e. The highest BCUT2D eigenvalue weighted by Gasteiger charge is 2.10. The second kappa shape index (κ2) is 5.12. The van der Waals surface area contributed by atoms with Crippen LogP contribution < -0.4 is 5.73 Å². The van der Waals surface area contributed by atoms with E-state index in [4.69, 9.17) is 5.73 Å². The highest BCUT2D eigenvalue weighted by molar-refractivity contribution is 5.73. The Balaban J connectivity index is 1.87. The van der Waals surface area contributed by atoms with Crippen LogP contribution >= 0.6 is 0 Å². The van der Waals surface area contributed by atoms with Crippen molar-refractivity contribution in [2.24, 2.45) is 5.73 Å². The Kier molecular flexibility index (Phi) is 3.16. The minimum atomic E-state index is -0.153. The summed E-state index contributed by atoms with van der Waals surface area (Å²) in [6.45, 7) is 0. The minimum absolute atomic E-state index is 0.153. The van der Waals surface area contributed by atoms with Crippen LogP contribution in [0.15, 0.2) is 55.0 Å². The summed E-state index contributed by atoms with van der Waals surface area (Å²) >= 11 is 0. The van der Waals surface area contributed by atoms with Crippen molar-refractivity contribution < 1.29 is 0 Å². The van der Waals surface area contributed by atoms with E-state index >= 15 is 0 Å². The Morgan fingerprint density at radius 2 is 1.74 bits per heavy atom. The fraction of sp³-hybridized carbons (Fsp3) is 0.133. The third-order valence-corrected chi connectivity index (χ3v) is 3.05. The number of para-hydroxylation sites is 2. The number of rotatable bonds is 3. The van der Waals surface area contributed by atoms with Crippen molar-refractivity contribution in [1.29, 1.82) is 0 Å². The van der Waals surface area contributed by atoms with Crippen LogP contribution in [0.5, 0.6) is 0 Å². The number of hydrogen-bond donors (Lipinski definition) is 1. The molecule has 2 heterocycles. The smallest absolute Gasteiger partial charge is 0.0890 e. The van der Waals surface area contributed by atoms with Gasteiger partial charge < -0.3 is 5.73 Å². The average Bonchev–Trinajstić information content (AvgIpc) is 2.48. The van der Waals surface area contributed by atoms with Gasteiger partial charge in [-0.2, -0.15) is 0 Å². The molecule has 0 fully saturated rings. The highest BCUT2D eigenvalue weighted by atomic mass is 14.8. The number of hydrogen-bond acceptors (Lipinski definition) is 4. The van der Waals surface area contributed by atoms with Crippen LogP contribution in [0.2, 0.25) is 0 Å². The Morgan fingerprint density at radius 3 is 2.53 bits per heavy atom. The molecule has 4 nitrogen and oxygen atoms in total. The maximum Gasteiger partial charge on any atom is 0.0890 e. The average molecular weight is 250 g/mol. The van der Waals surface area contributed by atoms with Crippen LogP contribution in [0.25, 0.3) is 11.0 Å². The standard InChI is InChI=1S/C15H14N4/c16-12(9-11-5-7-17-8-6-11)15-10-18-13-3-1-2-4-14(13)19-15/h1-8,10,12H,9,16H2. The van der Waals surface area contributed by atoms with Gasteiger partial charge in [0.15, 0.2) is 0 Å². The molecular weight excluding hydrogens is 236 g/mol. The molecule has 2 aromatic heterocycles. The first-order chi connectivity index (χ1) is 9.33. The van der Waals surface area contributed by atoms with Crippen LogP contribution in [0.1, 0.15) is 17.3 Å². The molecule has 3 aromatic rings. The van der Waals surface area contributed by atoms with E-state index in [0.717, 1.165) is 28.7 Å². The predicted molar refractivity (Wildman–Crippen MR) is 74.4 cm³/mol. The summed E-state index contributed by atoms with van der Waals surface area (Å²) in [6.07, 6.45) is 6.03. The van der Waals surface area contributed by atoms with Crippen LogP contribution in [0.3, 0.4) is 0 Å². The fourth-order valence-corrected chi connectivity index (χ4v) is 2.03. The quantitative estimate of drug-likeness (QED) is 0.774. The van der Waals surface area contributed by atoms with Gasteiger partial charge in [0.05, 0.1) is 29.0 Å². The summed E-state index contributed by atoms with van der Waals surface area (Å²) in [6, 6.07) is 11.6. The molecule has 0 saturated carbocycles. The predicted octanol–water partition coefficient (Wildman–Crippen LogP) is 2.27. The first-order valence-electron chi connectivity index (χ1n) is 6.19. The van der Waals surface area contributed by atoms with Gasteiger partial charge in [0.1, 0.15) is 0 Å². The Morgan fingerprint density at radius 1 is 1.00 bits per heavy atom. The van der Waals surface area contributed by atoms with E-state index in [1.54, 1.807) is 18.6 Å². The van der Waals surface area contributed by atoms with Crippen LogP contribution in [-0.2, 0) is 6.42 Å². The molecule has 19 heavy (non-hydrogen) atoms. The molecule has 0 radical (unpaired) electrons. The van der Waals surface area contributed by atoms with Crippen molar-refractivity contribution in [2.75, 3.05) is 0 Å². The van der Waals surface area contributed by atoms with Crippen molar-refractivity contribution in [3.05, 3.63) is 66.2 Å². The van der Waals surface area contributed by atoms with E-state index in [1.165, 1.54) is 0 Å². The van der Waals surface area contributed by atoms with Crippen molar-refractivity contribution in [2.45, 2.75) is 12.5 Å².